The van der Waals surface area contributed by atoms with Crippen LogP contribution in [0.25, 0.3) is 0 Å². The Hall–Kier alpha value is -3.07. The van der Waals surface area contributed by atoms with Gasteiger partial charge in [-0.25, -0.2) is 14.4 Å². The number of nitrogens with one attached hydrogen (secondary N) is 1. The fraction of sp³-hybridized carbons (Fsp3) is 0.421. The van der Waals surface area contributed by atoms with Gasteiger partial charge in [0, 0.05) is 49.5 Å². The smallest absolute Gasteiger partial charge is 0.412 e. The maximum atomic E-state index is 11.6. The van der Waals surface area contributed by atoms with Crippen LogP contribution in [0.2, 0.25) is 0 Å². The standard InChI is InChI=1S/C15H21N3O2.C4H4O4/c1-15-8-9-17(3)13(15)18(4)10-6-5-7-11(12(10)15)20-14(19)16-2;5-3(6)1-2-4(7)8/h5-7,13H,8-9H2,1-4H3,(H,16,19);1-2H,(H,5,6)(H,7,8)/b;2-1+/t13-,15+;/m0./s1. The third kappa shape index (κ3) is 4.09. The number of carboxylic acids is 2. The molecule has 2 aliphatic rings. The number of benzene rings is 1. The van der Waals surface area contributed by atoms with Crippen molar-refractivity contribution in [2.24, 2.45) is 0 Å². The minimum absolute atomic E-state index is 0.00342. The molecule has 9 nitrogen and oxygen atoms in total. The van der Waals surface area contributed by atoms with Crippen LogP contribution in [0.3, 0.4) is 0 Å². The molecule has 1 amide bonds. The molecule has 0 spiro atoms. The zero-order chi connectivity index (χ0) is 21.1. The Morgan fingerprint density at radius 2 is 1.82 bits per heavy atom. The van der Waals surface area contributed by atoms with Crippen LogP contribution < -0.4 is 15.0 Å². The fourth-order valence-corrected chi connectivity index (χ4v) is 4.02. The van der Waals surface area contributed by atoms with Crippen molar-refractivity contribution in [1.82, 2.24) is 10.2 Å². The lowest BCUT2D eigenvalue weighted by molar-refractivity contribution is -0.134. The van der Waals surface area contributed by atoms with E-state index in [1.165, 1.54) is 0 Å². The molecule has 3 rings (SSSR count). The molecule has 0 aliphatic carbocycles. The summed E-state index contributed by atoms with van der Waals surface area (Å²) in [6.07, 6.45) is 2.09. The monoisotopic (exact) mass is 391 g/mol. The summed E-state index contributed by atoms with van der Waals surface area (Å²) >= 11 is 0. The molecule has 1 fully saturated rings. The minimum atomic E-state index is -1.26. The van der Waals surface area contributed by atoms with E-state index in [-0.39, 0.29) is 5.41 Å². The van der Waals surface area contributed by atoms with Gasteiger partial charge >= 0.3 is 18.0 Å². The molecule has 2 heterocycles. The van der Waals surface area contributed by atoms with Gasteiger partial charge in [0.15, 0.2) is 0 Å². The van der Waals surface area contributed by atoms with E-state index >= 15 is 0 Å². The van der Waals surface area contributed by atoms with E-state index in [9.17, 15) is 14.4 Å². The lowest BCUT2D eigenvalue weighted by atomic mass is 9.81. The Kier molecular flexibility index (Phi) is 6.30. The van der Waals surface area contributed by atoms with Gasteiger partial charge in [-0.05, 0) is 25.6 Å². The largest absolute Gasteiger partial charge is 0.478 e. The number of fused-ring (bicyclic) bond motifs is 3. The van der Waals surface area contributed by atoms with E-state index in [0.29, 0.717) is 24.1 Å². The normalized spacial score (nSPS) is 22.9. The molecule has 0 unspecified atom stereocenters. The van der Waals surface area contributed by atoms with E-state index in [0.717, 1.165) is 24.2 Å². The summed E-state index contributed by atoms with van der Waals surface area (Å²) in [6.45, 7) is 3.32. The van der Waals surface area contributed by atoms with Crippen molar-refractivity contribution in [3.63, 3.8) is 0 Å². The highest BCUT2D eigenvalue weighted by Gasteiger charge is 2.53. The van der Waals surface area contributed by atoms with E-state index in [4.69, 9.17) is 14.9 Å². The summed E-state index contributed by atoms with van der Waals surface area (Å²) in [5.41, 5.74) is 2.31. The van der Waals surface area contributed by atoms with Crippen LogP contribution in [-0.4, -0.2) is 67.0 Å². The van der Waals surface area contributed by atoms with E-state index in [1.54, 1.807) is 7.05 Å². The predicted molar refractivity (Wildman–Crippen MR) is 103 cm³/mol. The van der Waals surface area contributed by atoms with Crippen molar-refractivity contribution >= 4 is 23.7 Å². The van der Waals surface area contributed by atoms with Crippen molar-refractivity contribution in [1.29, 1.82) is 0 Å². The highest BCUT2D eigenvalue weighted by molar-refractivity contribution is 5.89. The van der Waals surface area contributed by atoms with Gasteiger partial charge in [-0.15, -0.1) is 0 Å². The summed E-state index contributed by atoms with van der Waals surface area (Å²) in [5, 5.41) is 18.1. The molecule has 0 radical (unpaired) electrons. The second-order valence-corrected chi connectivity index (χ2v) is 6.93. The molecule has 0 saturated carbocycles. The first-order valence-electron chi connectivity index (χ1n) is 8.72. The Bertz CT molecular complexity index is 793. The van der Waals surface area contributed by atoms with Gasteiger partial charge in [0.05, 0.1) is 6.17 Å². The number of nitrogens with zero attached hydrogens (tertiary/aromatic N) is 2. The molecule has 1 aromatic carbocycles. The van der Waals surface area contributed by atoms with Gasteiger partial charge in [-0.2, -0.15) is 0 Å². The summed E-state index contributed by atoms with van der Waals surface area (Å²) in [5.74, 6) is -1.84. The van der Waals surface area contributed by atoms with Crippen LogP contribution in [0.5, 0.6) is 5.75 Å². The van der Waals surface area contributed by atoms with Crippen molar-refractivity contribution in [2.45, 2.75) is 24.9 Å². The Morgan fingerprint density at radius 1 is 1.21 bits per heavy atom. The summed E-state index contributed by atoms with van der Waals surface area (Å²) in [4.78, 5) is 35.3. The average molecular weight is 391 g/mol. The number of hydrogen-bond donors (Lipinski definition) is 3. The van der Waals surface area contributed by atoms with Gasteiger partial charge in [-0.3, -0.25) is 4.90 Å². The third-order valence-corrected chi connectivity index (χ3v) is 5.07. The van der Waals surface area contributed by atoms with Crippen molar-refractivity contribution < 1.29 is 29.3 Å². The number of likely N-dealkylation sites (N-methyl/N-ethyl adjacent to an activating group) is 2. The maximum absolute atomic E-state index is 11.6. The fourth-order valence-electron chi connectivity index (χ4n) is 4.02. The second kappa shape index (κ2) is 8.30. The molecule has 1 saturated heterocycles. The van der Waals surface area contributed by atoms with Gasteiger partial charge < -0.3 is 25.2 Å². The number of carboxylic acid groups (broad SMARTS) is 2. The molecule has 2 aliphatic heterocycles. The zero-order valence-electron chi connectivity index (χ0n) is 16.3. The number of carbonyl (C=O) groups is 3. The van der Waals surface area contributed by atoms with Crippen LogP contribution in [0.4, 0.5) is 10.5 Å². The number of hydrogen-bond acceptors (Lipinski definition) is 6. The van der Waals surface area contributed by atoms with E-state index < -0.39 is 18.0 Å². The maximum Gasteiger partial charge on any atom is 0.412 e. The van der Waals surface area contributed by atoms with Crippen LogP contribution in [-0.2, 0) is 15.0 Å². The van der Waals surface area contributed by atoms with Crippen molar-refractivity contribution in [3.8, 4) is 5.75 Å². The Morgan fingerprint density at radius 3 is 2.36 bits per heavy atom. The van der Waals surface area contributed by atoms with E-state index in [1.807, 2.05) is 12.1 Å². The number of carbonyl (C=O) groups excluding carboxylic acids is 1. The summed E-state index contributed by atoms with van der Waals surface area (Å²) < 4.78 is 5.47. The minimum Gasteiger partial charge on any atom is -0.478 e. The Labute approximate surface area is 163 Å². The first-order valence-corrected chi connectivity index (χ1v) is 8.72. The van der Waals surface area contributed by atoms with Gasteiger partial charge in [-0.1, -0.05) is 13.0 Å². The van der Waals surface area contributed by atoms with Crippen LogP contribution in [0.1, 0.15) is 18.9 Å². The molecule has 3 N–H and O–H groups in total. The number of rotatable bonds is 3. The highest BCUT2D eigenvalue weighted by Crippen LogP contribution is 2.54. The Balaban J connectivity index is 0.000000300. The summed E-state index contributed by atoms with van der Waals surface area (Å²) in [6, 6.07) is 5.93. The second-order valence-electron chi connectivity index (χ2n) is 6.93. The molecule has 0 bridgehead atoms. The van der Waals surface area contributed by atoms with Crippen LogP contribution in [0.15, 0.2) is 30.4 Å². The zero-order valence-corrected chi connectivity index (χ0v) is 16.3. The predicted octanol–water partition coefficient (Wildman–Crippen LogP) is 1.49. The quantitative estimate of drug-likeness (QED) is 0.663. The molecule has 9 heteroatoms. The average Bonchev–Trinajstić information content (AvgIpc) is 3.06. The molecular formula is C19H25N3O6. The van der Waals surface area contributed by atoms with Gasteiger partial charge in [0.25, 0.3) is 0 Å². The highest BCUT2D eigenvalue weighted by atomic mass is 16.6. The molecule has 2 atom stereocenters. The van der Waals surface area contributed by atoms with Crippen molar-refractivity contribution in [3.05, 3.63) is 35.9 Å². The number of amides is 1. The molecular weight excluding hydrogens is 366 g/mol. The molecule has 152 valence electrons. The molecule has 28 heavy (non-hydrogen) atoms. The van der Waals surface area contributed by atoms with Crippen molar-refractivity contribution in [2.75, 3.05) is 32.6 Å². The van der Waals surface area contributed by atoms with Gasteiger partial charge in [0.1, 0.15) is 5.75 Å². The first-order chi connectivity index (χ1) is 13.1. The number of likely N-dealkylation sites (tertiary alicyclic amines) is 1. The third-order valence-electron chi connectivity index (χ3n) is 5.07. The number of anilines is 1. The van der Waals surface area contributed by atoms with Crippen LogP contribution in [0, 0.1) is 0 Å². The van der Waals surface area contributed by atoms with Crippen LogP contribution >= 0.6 is 0 Å². The lowest BCUT2D eigenvalue weighted by Crippen LogP contribution is -2.45. The van der Waals surface area contributed by atoms with E-state index in [2.05, 4.69) is 42.2 Å². The SMILES string of the molecule is CNC(=O)Oc1cccc2c1[C@@]1(C)CCN(C)[C@H]1N2C.O=C(O)/C=C/C(=O)O. The molecule has 1 aromatic rings. The number of aliphatic carboxylic acids is 2. The molecule has 0 aromatic heterocycles. The first kappa shape index (κ1) is 21.2. The number of ether oxygens (including phenoxy) is 1. The summed E-state index contributed by atoms with van der Waals surface area (Å²) in [7, 11) is 5.84. The topological polar surface area (TPSA) is 119 Å². The van der Waals surface area contributed by atoms with Gasteiger partial charge in [0.2, 0.25) is 0 Å². The lowest BCUT2D eigenvalue weighted by Gasteiger charge is -2.32.